The Balaban J connectivity index is 1.39. The Kier molecular flexibility index (Phi) is 6.05. The smallest absolute Gasteiger partial charge is 0.234 e. The second-order valence-electron chi connectivity index (χ2n) is 7.22. The van der Waals surface area contributed by atoms with Crippen molar-refractivity contribution in [2.24, 2.45) is 0 Å². The van der Waals surface area contributed by atoms with Crippen LogP contribution in [0.2, 0.25) is 0 Å². The molecular weight excluding hydrogens is 459 g/mol. The summed E-state index contributed by atoms with van der Waals surface area (Å²) in [6, 6.07) is 18.8. The number of hydrogen-bond donors (Lipinski definition) is 1. The molecule has 3 aromatic carbocycles. The topological polar surface area (TPSA) is 87.5 Å². The van der Waals surface area contributed by atoms with Gasteiger partial charge in [0.1, 0.15) is 11.6 Å². The number of halogens is 1. The molecule has 1 aliphatic rings. The summed E-state index contributed by atoms with van der Waals surface area (Å²) in [6.45, 7) is 0.161. The fraction of sp³-hybridized carbons (Fsp3) is 0.125. The van der Waals surface area contributed by atoms with Crippen LogP contribution in [0, 0.1) is 5.82 Å². The number of nitrogens with zero attached hydrogens (tertiary/aromatic N) is 3. The largest absolute Gasteiger partial charge is 0.497 e. The van der Waals surface area contributed by atoms with Gasteiger partial charge in [-0.3, -0.25) is 9.36 Å². The minimum absolute atomic E-state index is 0.0694. The van der Waals surface area contributed by atoms with Gasteiger partial charge in [0.25, 0.3) is 0 Å². The predicted molar refractivity (Wildman–Crippen MR) is 125 cm³/mol. The molecule has 5 rings (SSSR count). The van der Waals surface area contributed by atoms with Gasteiger partial charge in [-0.1, -0.05) is 23.9 Å². The number of amides is 1. The Labute approximate surface area is 198 Å². The van der Waals surface area contributed by atoms with E-state index in [1.54, 1.807) is 60.2 Å². The first kappa shape index (κ1) is 21.8. The van der Waals surface area contributed by atoms with Crippen LogP contribution in [0.25, 0.3) is 17.1 Å². The molecule has 2 heterocycles. The quantitative estimate of drug-likeness (QED) is 0.390. The molecule has 34 heavy (non-hydrogen) atoms. The van der Waals surface area contributed by atoms with Gasteiger partial charge in [-0.15, -0.1) is 10.2 Å². The van der Waals surface area contributed by atoms with Gasteiger partial charge in [0.05, 0.1) is 24.1 Å². The molecule has 0 atom stereocenters. The van der Waals surface area contributed by atoms with Crippen molar-refractivity contribution in [1.29, 1.82) is 0 Å². The number of anilines is 1. The highest BCUT2D eigenvalue weighted by molar-refractivity contribution is 7.99. The first-order valence-corrected chi connectivity index (χ1v) is 11.3. The Morgan fingerprint density at radius 1 is 1.09 bits per heavy atom. The van der Waals surface area contributed by atoms with E-state index in [4.69, 9.17) is 14.2 Å². The van der Waals surface area contributed by atoms with Crippen LogP contribution in [-0.4, -0.2) is 40.3 Å². The third-order valence-electron chi connectivity index (χ3n) is 5.07. The monoisotopic (exact) mass is 478 g/mol. The van der Waals surface area contributed by atoms with Crippen molar-refractivity contribution < 1.29 is 23.4 Å². The van der Waals surface area contributed by atoms with Gasteiger partial charge in [-0.2, -0.15) is 0 Å². The molecule has 0 saturated carbocycles. The highest BCUT2D eigenvalue weighted by atomic mass is 32.2. The van der Waals surface area contributed by atoms with E-state index in [1.165, 1.54) is 17.8 Å². The van der Waals surface area contributed by atoms with Crippen LogP contribution >= 0.6 is 11.8 Å². The fourth-order valence-corrected chi connectivity index (χ4v) is 4.20. The van der Waals surface area contributed by atoms with Crippen molar-refractivity contribution in [2.75, 3.05) is 25.0 Å². The van der Waals surface area contributed by atoms with Gasteiger partial charge in [0.15, 0.2) is 22.5 Å². The number of thioether (sulfide) groups is 1. The lowest BCUT2D eigenvalue weighted by Crippen LogP contribution is -2.14. The van der Waals surface area contributed by atoms with Crippen LogP contribution in [0.1, 0.15) is 0 Å². The van der Waals surface area contributed by atoms with E-state index < -0.39 is 5.82 Å². The molecule has 1 N–H and O–H groups in total. The molecule has 0 saturated heterocycles. The lowest BCUT2D eigenvalue weighted by molar-refractivity contribution is -0.113. The third-order valence-corrected chi connectivity index (χ3v) is 6.00. The molecule has 0 aliphatic carbocycles. The van der Waals surface area contributed by atoms with Gasteiger partial charge in [0.2, 0.25) is 12.7 Å². The number of hydrogen-bond acceptors (Lipinski definition) is 7. The normalized spacial score (nSPS) is 11.9. The van der Waals surface area contributed by atoms with Gasteiger partial charge >= 0.3 is 0 Å². The summed E-state index contributed by atoms with van der Waals surface area (Å²) < 4.78 is 32.2. The van der Waals surface area contributed by atoms with E-state index in [1.807, 2.05) is 12.1 Å². The van der Waals surface area contributed by atoms with Crippen LogP contribution in [0.15, 0.2) is 71.9 Å². The van der Waals surface area contributed by atoms with Crippen molar-refractivity contribution in [1.82, 2.24) is 14.8 Å². The van der Waals surface area contributed by atoms with E-state index in [0.29, 0.717) is 45.2 Å². The molecule has 0 fully saturated rings. The number of nitrogens with one attached hydrogen (secondary N) is 1. The summed E-state index contributed by atoms with van der Waals surface area (Å²) >= 11 is 1.19. The zero-order valence-corrected chi connectivity index (χ0v) is 18.8. The SMILES string of the molecule is COc1ccc(-n2c(SCC(=O)Nc3ccc4c(c3)OCO4)nnc2-c2ccccc2F)cc1. The van der Waals surface area contributed by atoms with E-state index in [9.17, 15) is 9.18 Å². The minimum Gasteiger partial charge on any atom is -0.497 e. The molecule has 172 valence electrons. The van der Waals surface area contributed by atoms with Gasteiger partial charge in [-0.25, -0.2) is 4.39 Å². The minimum atomic E-state index is -0.415. The number of fused-ring (bicyclic) bond motifs is 1. The summed E-state index contributed by atoms with van der Waals surface area (Å²) in [4.78, 5) is 12.6. The van der Waals surface area contributed by atoms with E-state index >= 15 is 0 Å². The van der Waals surface area contributed by atoms with Crippen molar-refractivity contribution in [3.63, 3.8) is 0 Å². The maximum atomic E-state index is 14.6. The van der Waals surface area contributed by atoms with Crippen LogP contribution in [0.4, 0.5) is 10.1 Å². The zero-order chi connectivity index (χ0) is 23.5. The summed E-state index contributed by atoms with van der Waals surface area (Å²) in [6.07, 6.45) is 0. The van der Waals surface area contributed by atoms with E-state index in [0.717, 1.165) is 0 Å². The summed E-state index contributed by atoms with van der Waals surface area (Å²) in [5.41, 5.74) is 1.61. The number of carbonyl (C=O) groups excluding carboxylic acids is 1. The Bertz CT molecular complexity index is 1340. The van der Waals surface area contributed by atoms with Crippen molar-refractivity contribution >= 4 is 23.4 Å². The highest BCUT2D eigenvalue weighted by Gasteiger charge is 2.20. The molecule has 1 amide bonds. The Morgan fingerprint density at radius 2 is 1.88 bits per heavy atom. The zero-order valence-electron chi connectivity index (χ0n) is 18.0. The van der Waals surface area contributed by atoms with Crippen LogP contribution in [0.5, 0.6) is 17.2 Å². The molecular formula is C24H19FN4O4S. The first-order chi connectivity index (χ1) is 16.6. The average Bonchev–Trinajstić information content (AvgIpc) is 3.50. The molecule has 0 bridgehead atoms. The van der Waals surface area contributed by atoms with E-state index in [-0.39, 0.29) is 18.5 Å². The molecule has 0 radical (unpaired) electrons. The molecule has 10 heteroatoms. The summed E-state index contributed by atoms with van der Waals surface area (Å²) in [5, 5.41) is 11.7. The first-order valence-electron chi connectivity index (χ1n) is 10.3. The van der Waals surface area contributed by atoms with Crippen LogP contribution < -0.4 is 19.5 Å². The lowest BCUT2D eigenvalue weighted by atomic mass is 10.2. The van der Waals surface area contributed by atoms with Crippen LogP contribution in [0.3, 0.4) is 0 Å². The highest BCUT2D eigenvalue weighted by Crippen LogP contribution is 2.34. The summed E-state index contributed by atoms with van der Waals surface area (Å²) in [5.74, 6) is 1.66. The number of aromatic nitrogens is 3. The van der Waals surface area contributed by atoms with Crippen molar-refractivity contribution in [2.45, 2.75) is 5.16 Å². The van der Waals surface area contributed by atoms with Crippen molar-refractivity contribution in [3.8, 4) is 34.3 Å². The number of methoxy groups -OCH3 is 1. The van der Waals surface area contributed by atoms with Crippen molar-refractivity contribution in [3.05, 3.63) is 72.5 Å². The lowest BCUT2D eigenvalue weighted by Gasteiger charge is -2.12. The molecule has 1 aliphatic heterocycles. The maximum Gasteiger partial charge on any atom is 0.234 e. The molecule has 8 nitrogen and oxygen atoms in total. The predicted octanol–water partition coefficient (Wildman–Crippen LogP) is 4.54. The summed E-state index contributed by atoms with van der Waals surface area (Å²) in [7, 11) is 1.58. The average molecular weight is 479 g/mol. The van der Waals surface area contributed by atoms with Crippen LogP contribution in [-0.2, 0) is 4.79 Å². The third kappa shape index (κ3) is 4.40. The number of carbonyl (C=O) groups is 1. The molecule has 1 aromatic heterocycles. The van der Waals surface area contributed by atoms with Gasteiger partial charge in [-0.05, 0) is 48.5 Å². The second-order valence-corrected chi connectivity index (χ2v) is 8.17. The second kappa shape index (κ2) is 9.44. The maximum absolute atomic E-state index is 14.6. The molecule has 0 spiro atoms. The Hall–Kier alpha value is -4.05. The van der Waals surface area contributed by atoms with Gasteiger partial charge in [0, 0.05) is 11.8 Å². The number of rotatable bonds is 7. The number of ether oxygens (including phenoxy) is 3. The fourth-order valence-electron chi connectivity index (χ4n) is 3.45. The molecule has 0 unspecified atom stereocenters. The standard InChI is InChI=1S/C24H19FN4O4S/c1-31-17-9-7-16(8-10-17)29-23(18-4-2-3-5-19(18)25)27-28-24(29)34-13-22(30)26-15-6-11-20-21(12-15)33-14-32-20/h2-12H,13-14H2,1H3,(H,26,30). The molecule has 4 aromatic rings. The van der Waals surface area contributed by atoms with E-state index in [2.05, 4.69) is 15.5 Å². The van der Waals surface area contributed by atoms with Gasteiger partial charge < -0.3 is 19.5 Å². The number of benzene rings is 3. The Morgan fingerprint density at radius 3 is 2.68 bits per heavy atom.